The summed E-state index contributed by atoms with van der Waals surface area (Å²) >= 11 is 3.26. The zero-order valence-electron chi connectivity index (χ0n) is 46.4. The standard InChI is InChI=1S/C24H21N7O2.C21H24N2O3S2.C18H13F2NOS/c1-14-9-10-18(11-15(14)2)30-21-19(13-25-30)23(33)28-24(27-21)31-20(12-16(3)29-31)26-22(32)17-7-5-4-6-8-17;1-3-28(25,26)23-14-4-5-17-15-18(9-12-20(17)23)22-21(24)13-8-16-6-10-19(27-2)11-7-16;19-15-6-3-7-16(20)17(15)18(22)21-10-12-4-1-2-5-14(12)13-8-9-23-11-13/h4-13H,1-3H3,(H,26,32)(H,27,28,33);6-13,15H,3-5,14H2,1-2H3,(H,22,24);1-9,11H,10H2,(H,21,22)/b;13-8+;. The molecule has 0 fully saturated rings. The first-order valence-corrected chi connectivity index (χ1v) is 30.4. The van der Waals surface area contributed by atoms with E-state index in [1.165, 1.54) is 32.2 Å². The summed E-state index contributed by atoms with van der Waals surface area (Å²) in [6.07, 6.45) is 8.36. The van der Waals surface area contributed by atoms with E-state index in [1.807, 2.05) is 116 Å². The van der Waals surface area contributed by atoms with E-state index in [2.05, 4.69) is 36.1 Å². The van der Waals surface area contributed by atoms with Crippen LogP contribution in [0.4, 0.5) is 26.0 Å². The Kier molecular flexibility index (Phi) is 18.9. The van der Waals surface area contributed by atoms with Crippen molar-refractivity contribution < 1.29 is 31.6 Å². The number of nitrogens with one attached hydrogen (secondary N) is 4. The van der Waals surface area contributed by atoms with Gasteiger partial charge in [0.1, 0.15) is 28.4 Å². The third kappa shape index (κ3) is 14.1. The number of H-pyrrole nitrogens is 1. The lowest BCUT2D eigenvalue weighted by molar-refractivity contribution is -0.111. The van der Waals surface area contributed by atoms with E-state index in [-0.39, 0.29) is 35.6 Å². The SMILES string of the molecule is CCS(=O)(=O)N1CCCc2cc(NC(=O)/C=C/c3ccc(SC)cc3)ccc21.Cc1cc(NC(=O)c2ccccc2)n(-c2nc3c(cnn3-c3ccc(C)c(C)c3)c(=O)[nH]2)n1.O=C(NCc1ccccc1-c1ccsc1)c1c(F)cccc1F. The number of nitrogens with zero attached hydrogens (tertiary/aromatic N) is 6. The fraction of sp³-hybridized carbons (Fsp3) is 0.159. The Bertz CT molecular complexity index is 4200. The molecule has 0 saturated carbocycles. The second-order valence-electron chi connectivity index (χ2n) is 19.3. The predicted molar refractivity (Wildman–Crippen MR) is 330 cm³/mol. The number of hydrogen-bond donors (Lipinski definition) is 4. The highest BCUT2D eigenvalue weighted by atomic mass is 32.2. The Morgan fingerprint density at radius 2 is 1.56 bits per heavy atom. The number of thiophene rings is 1. The molecule has 0 spiro atoms. The van der Waals surface area contributed by atoms with Crippen molar-refractivity contribution in [2.75, 3.05) is 33.5 Å². The molecule has 6 aromatic carbocycles. The van der Waals surface area contributed by atoms with Crippen molar-refractivity contribution >= 4 is 85.1 Å². The smallest absolute Gasteiger partial charge is 0.263 e. The van der Waals surface area contributed by atoms with Crippen molar-refractivity contribution in [1.29, 1.82) is 0 Å². The molecular formula is C63H58F2N10O6S3. The largest absolute Gasteiger partial charge is 0.348 e. The number of carbonyl (C=O) groups is 3. The minimum atomic E-state index is -3.28. The number of aryl methyl sites for hydroxylation is 4. The monoisotopic (exact) mass is 1180 g/mol. The van der Waals surface area contributed by atoms with Crippen LogP contribution in [0.3, 0.4) is 0 Å². The first kappa shape index (κ1) is 59.3. The van der Waals surface area contributed by atoms with Gasteiger partial charge in [0.05, 0.1) is 29.0 Å². The van der Waals surface area contributed by atoms with E-state index in [1.54, 1.807) is 90.2 Å². The zero-order valence-corrected chi connectivity index (χ0v) is 48.8. The van der Waals surface area contributed by atoms with Crippen LogP contribution in [0.1, 0.15) is 67.6 Å². The summed E-state index contributed by atoms with van der Waals surface area (Å²) in [6, 6.07) is 42.8. The molecule has 1 aliphatic heterocycles. The van der Waals surface area contributed by atoms with Crippen LogP contribution in [-0.2, 0) is 27.8 Å². The average Bonchev–Trinajstić information content (AvgIpc) is 3.25. The molecule has 21 heteroatoms. The Morgan fingerprint density at radius 1 is 0.810 bits per heavy atom. The van der Waals surface area contributed by atoms with Gasteiger partial charge in [-0.15, -0.1) is 11.8 Å². The van der Waals surface area contributed by atoms with Crippen molar-refractivity contribution in [3.8, 4) is 22.8 Å². The summed E-state index contributed by atoms with van der Waals surface area (Å²) in [5.41, 5.74) is 9.93. The third-order valence-corrected chi connectivity index (χ3v) is 16.8. The van der Waals surface area contributed by atoms with Gasteiger partial charge in [-0.05, 0) is 175 Å². The highest BCUT2D eigenvalue weighted by Crippen LogP contribution is 2.32. The Balaban J connectivity index is 0.000000154. The maximum absolute atomic E-state index is 13.6. The number of fused-ring (bicyclic) bond motifs is 2. The number of amides is 3. The summed E-state index contributed by atoms with van der Waals surface area (Å²) in [7, 11) is -3.28. The van der Waals surface area contributed by atoms with Crippen LogP contribution < -0.4 is 25.8 Å². The van der Waals surface area contributed by atoms with Gasteiger partial charge in [-0.3, -0.25) is 28.5 Å². The fourth-order valence-electron chi connectivity index (χ4n) is 9.09. The Morgan fingerprint density at radius 3 is 2.27 bits per heavy atom. The van der Waals surface area contributed by atoms with Gasteiger partial charge in [-0.1, -0.05) is 66.7 Å². The third-order valence-electron chi connectivity index (χ3n) is 13.6. The number of carbonyl (C=O) groups excluding carboxylic acids is 3. The summed E-state index contributed by atoms with van der Waals surface area (Å²) in [5.74, 6) is -2.37. The summed E-state index contributed by atoms with van der Waals surface area (Å²) in [4.78, 5) is 58.4. The van der Waals surface area contributed by atoms with Gasteiger partial charge < -0.3 is 16.0 Å². The number of halogens is 2. The number of aromatic amines is 1. The van der Waals surface area contributed by atoms with Crippen molar-refractivity contribution in [2.24, 2.45) is 0 Å². The first-order valence-electron chi connectivity index (χ1n) is 26.6. The van der Waals surface area contributed by atoms with Gasteiger partial charge in [0, 0.05) is 41.4 Å². The molecule has 4 aromatic heterocycles. The first-order chi connectivity index (χ1) is 40.5. The van der Waals surface area contributed by atoms with Gasteiger partial charge >= 0.3 is 0 Å². The van der Waals surface area contributed by atoms with Crippen LogP contribution >= 0.6 is 23.1 Å². The molecule has 16 nitrogen and oxygen atoms in total. The second-order valence-corrected chi connectivity index (χ2v) is 23.2. The lowest BCUT2D eigenvalue weighted by Gasteiger charge is -2.30. The van der Waals surface area contributed by atoms with Crippen LogP contribution in [0.25, 0.3) is 39.9 Å². The molecule has 1 aliphatic rings. The van der Waals surface area contributed by atoms with Crippen LogP contribution in [0.2, 0.25) is 0 Å². The number of anilines is 3. The fourth-order valence-corrected chi connectivity index (χ4v) is 11.4. The average molecular weight is 1190 g/mol. The van der Waals surface area contributed by atoms with Gasteiger partial charge in [-0.2, -0.15) is 31.2 Å². The number of aromatic nitrogens is 6. The van der Waals surface area contributed by atoms with E-state index < -0.39 is 33.1 Å². The molecule has 84 heavy (non-hydrogen) atoms. The van der Waals surface area contributed by atoms with Gasteiger partial charge in [-0.25, -0.2) is 21.9 Å². The highest BCUT2D eigenvalue weighted by Gasteiger charge is 2.26. The molecule has 11 rings (SSSR count). The van der Waals surface area contributed by atoms with E-state index in [4.69, 9.17) is 0 Å². The van der Waals surface area contributed by atoms with Gasteiger partial charge in [0.25, 0.3) is 17.4 Å². The highest BCUT2D eigenvalue weighted by molar-refractivity contribution is 7.98. The van der Waals surface area contributed by atoms with Crippen molar-refractivity contribution in [1.82, 2.24) is 34.8 Å². The van der Waals surface area contributed by atoms with E-state index in [0.29, 0.717) is 40.3 Å². The topological polar surface area (TPSA) is 206 Å². The molecule has 4 N–H and O–H groups in total. The molecule has 0 saturated heterocycles. The minimum Gasteiger partial charge on any atom is -0.348 e. The molecular weight excluding hydrogens is 1130 g/mol. The maximum atomic E-state index is 13.6. The normalized spacial score (nSPS) is 12.0. The Hall–Kier alpha value is -9.31. The molecule has 5 heterocycles. The molecule has 10 aromatic rings. The summed E-state index contributed by atoms with van der Waals surface area (Å²) in [6.45, 7) is 8.20. The van der Waals surface area contributed by atoms with Crippen molar-refractivity contribution in [3.05, 3.63) is 235 Å². The molecule has 0 atom stereocenters. The van der Waals surface area contributed by atoms with Crippen LogP contribution in [0.15, 0.2) is 178 Å². The maximum Gasteiger partial charge on any atom is 0.263 e. The summed E-state index contributed by atoms with van der Waals surface area (Å²) < 4.78 is 56.3. The minimum absolute atomic E-state index is 0.0770. The lowest BCUT2D eigenvalue weighted by atomic mass is 10.0. The number of benzene rings is 6. The molecule has 3 amide bonds. The molecule has 428 valence electrons. The number of sulfonamides is 1. The van der Waals surface area contributed by atoms with Crippen molar-refractivity contribution in [3.63, 3.8) is 0 Å². The lowest BCUT2D eigenvalue weighted by Crippen LogP contribution is -2.36. The number of rotatable bonds is 14. The predicted octanol–water partition coefficient (Wildman–Crippen LogP) is 12.3. The van der Waals surface area contributed by atoms with E-state index >= 15 is 0 Å². The zero-order chi connectivity index (χ0) is 59.5. The molecule has 0 bridgehead atoms. The van der Waals surface area contributed by atoms with Gasteiger partial charge in [0.15, 0.2) is 5.65 Å². The van der Waals surface area contributed by atoms with Crippen LogP contribution in [-0.4, -0.2) is 74.2 Å². The number of hydrogen-bond acceptors (Lipinski definition) is 11. The molecule has 0 aliphatic carbocycles. The van der Waals surface area contributed by atoms with Gasteiger partial charge in [0.2, 0.25) is 21.9 Å². The summed E-state index contributed by atoms with van der Waals surface area (Å²) in [5, 5.41) is 21.4. The second kappa shape index (κ2) is 26.7. The molecule has 0 unspecified atom stereocenters. The quantitative estimate of drug-likeness (QED) is 0.0598. The van der Waals surface area contributed by atoms with E-state index in [9.17, 15) is 36.4 Å². The Labute approximate surface area is 492 Å². The van der Waals surface area contributed by atoms with Crippen LogP contribution in [0.5, 0.6) is 0 Å². The van der Waals surface area contributed by atoms with Crippen molar-refractivity contribution in [2.45, 2.75) is 52.0 Å². The van der Waals surface area contributed by atoms with E-state index in [0.717, 1.165) is 75.3 Å². The molecule has 0 radical (unpaired) electrons. The van der Waals surface area contributed by atoms with Crippen LogP contribution in [0, 0.1) is 32.4 Å². The number of thioether (sulfide) groups is 1.